The van der Waals surface area contributed by atoms with Crippen molar-refractivity contribution in [1.29, 1.82) is 0 Å². The van der Waals surface area contributed by atoms with Crippen LogP contribution in [0, 0.1) is 0 Å². The highest BCUT2D eigenvalue weighted by atomic mass is 16.2. The van der Waals surface area contributed by atoms with Crippen LogP contribution in [0.1, 0.15) is 41.5 Å². The molecule has 0 aliphatic carbocycles. The lowest BCUT2D eigenvalue weighted by Gasteiger charge is -2.20. The van der Waals surface area contributed by atoms with Crippen LogP contribution in [0.15, 0.2) is 30.3 Å². The number of hydrogen-bond donors (Lipinski definition) is 0. The van der Waals surface area contributed by atoms with Crippen LogP contribution in [0.4, 0.5) is 5.69 Å². The van der Waals surface area contributed by atoms with Gasteiger partial charge >= 0.3 is 0 Å². The molecule has 23 heavy (non-hydrogen) atoms. The molecule has 0 aliphatic heterocycles. The zero-order valence-corrected chi connectivity index (χ0v) is 14.9. The van der Waals surface area contributed by atoms with Crippen molar-refractivity contribution < 1.29 is 9.59 Å². The van der Waals surface area contributed by atoms with Gasteiger partial charge in [0.25, 0.3) is 5.91 Å². The maximum atomic E-state index is 12.5. The van der Waals surface area contributed by atoms with Crippen LogP contribution < -0.4 is 4.90 Å². The highest BCUT2D eigenvalue weighted by Gasteiger charge is 2.18. The molecule has 2 aromatic rings. The van der Waals surface area contributed by atoms with E-state index in [1.165, 1.54) is 0 Å². The summed E-state index contributed by atoms with van der Waals surface area (Å²) < 4.78 is 0. The van der Waals surface area contributed by atoms with Crippen LogP contribution in [0.5, 0.6) is 0 Å². The molecule has 0 heterocycles. The van der Waals surface area contributed by atoms with Crippen LogP contribution in [0.2, 0.25) is 0 Å². The molecule has 0 bridgehead atoms. The van der Waals surface area contributed by atoms with Crippen molar-refractivity contribution in [2.45, 2.75) is 20.8 Å². The fraction of sp³-hybridized carbons (Fsp3) is 0.368. The van der Waals surface area contributed by atoms with E-state index in [1.54, 1.807) is 24.1 Å². The molecule has 0 unspecified atom stereocenters. The van der Waals surface area contributed by atoms with Gasteiger partial charge in [-0.2, -0.15) is 0 Å². The van der Waals surface area contributed by atoms with Crippen molar-refractivity contribution >= 4 is 28.7 Å². The van der Waals surface area contributed by atoms with Crippen LogP contribution in [0.3, 0.4) is 0 Å². The molecule has 4 heteroatoms. The van der Waals surface area contributed by atoms with Gasteiger partial charge in [-0.15, -0.1) is 0 Å². The molecule has 0 spiro atoms. The summed E-state index contributed by atoms with van der Waals surface area (Å²) in [4.78, 5) is 27.5. The predicted octanol–water partition coefficient (Wildman–Crippen LogP) is 3.84. The zero-order valence-electron chi connectivity index (χ0n) is 14.9. The Kier molecular flexibility index (Phi) is 6.76. The Morgan fingerprint density at radius 3 is 2.26 bits per heavy atom. The Bertz CT molecular complexity index is 693. The molecule has 0 saturated carbocycles. The zero-order chi connectivity index (χ0) is 17.6. The highest BCUT2D eigenvalue weighted by Crippen LogP contribution is 2.31. The number of amides is 1. The normalized spacial score (nSPS) is 9.83. The molecule has 0 N–H and O–H groups in total. The quantitative estimate of drug-likeness (QED) is 0.805. The van der Waals surface area contributed by atoms with Gasteiger partial charge in [0.05, 0.1) is 0 Å². The number of benzene rings is 2. The number of aldehydes is 1. The van der Waals surface area contributed by atoms with E-state index in [2.05, 4.69) is 0 Å². The summed E-state index contributed by atoms with van der Waals surface area (Å²) in [6.45, 7) is 6.55. The summed E-state index contributed by atoms with van der Waals surface area (Å²) in [5.74, 6) is -0.0675. The van der Waals surface area contributed by atoms with E-state index in [4.69, 9.17) is 0 Å². The Hall–Kier alpha value is -2.36. The Morgan fingerprint density at radius 1 is 1.09 bits per heavy atom. The first-order valence-electron chi connectivity index (χ1n) is 7.95. The van der Waals surface area contributed by atoms with E-state index in [1.807, 2.05) is 58.0 Å². The second-order valence-corrected chi connectivity index (χ2v) is 5.23. The van der Waals surface area contributed by atoms with Crippen LogP contribution in [-0.2, 0) is 0 Å². The molecule has 0 saturated heterocycles. The summed E-state index contributed by atoms with van der Waals surface area (Å²) in [6.07, 6.45) is 0.810. The average Bonchev–Trinajstić information content (AvgIpc) is 2.60. The predicted molar refractivity (Wildman–Crippen MR) is 97.6 cm³/mol. The molecule has 124 valence electrons. The summed E-state index contributed by atoms with van der Waals surface area (Å²) in [6, 6.07) is 9.27. The number of nitrogens with zero attached hydrogens (tertiary/aromatic N) is 2. The molecule has 1 amide bonds. The van der Waals surface area contributed by atoms with Gasteiger partial charge in [-0.25, -0.2) is 0 Å². The summed E-state index contributed by atoms with van der Waals surface area (Å²) in [7, 11) is 5.65. The topological polar surface area (TPSA) is 40.6 Å². The summed E-state index contributed by atoms with van der Waals surface area (Å²) in [5, 5.41) is 1.64. The van der Waals surface area contributed by atoms with Gasteiger partial charge in [-0.1, -0.05) is 32.0 Å². The molecule has 0 fully saturated rings. The second kappa shape index (κ2) is 8.32. The van der Waals surface area contributed by atoms with Crippen molar-refractivity contribution in [3.05, 3.63) is 41.5 Å². The summed E-state index contributed by atoms with van der Waals surface area (Å²) in [5.41, 5.74) is 2.11. The number of anilines is 1. The maximum Gasteiger partial charge on any atom is 0.254 e. The fourth-order valence-electron chi connectivity index (χ4n) is 2.44. The molecule has 4 nitrogen and oxygen atoms in total. The SMILES string of the molecule is CC.CCN(C)C(=O)c1ccc(N(C)C)c2cccc(C=O)c12. The third kappa shape index (κ3) is 3.70. The van der Waals surface area contributed by atoms with Gasteiger partial charge in [0.15, 0.2) is 6.29 Å². The number of carbonyl (C=O) groups excluding carboxylic acids is 2. The monoisotopic (exact) mass is 314 g/mol. The molecule has 2 rings (SSSR count). The first-order chi connectivity index (χ1) is 11.0. The van der Waals surface area contributed by atoms with Crippen molar-refractivity contribution in [2.75, 3.05) is 32.6 Å². The standard InChI is InChI=1S/C17H20N2O2.C2H6/c1-5-19(4)17(21)14-9-10-15(18(2)3)13-8-6-7-12(11-20)16(13)14;1-2/h6-11H,5H2,1-4H3;1-2H3. The van der Waals surface area contributed by atoms with Crippen LogP contribution in [0.25, 0.3) is 10.8 Å². The lowest BCUT2D eigenvalue weighted by molar-refractivity contribution is 0.0804. The van der Waals surface area contributed by atoms with Gasteiger partial charge < -0.3 is 9.80 Å². The first-order valence-corrected chi connectivity index (χ1v) is 7.95. The van der Waals surface area contributed by atoms with Gasteiger partial charge in [-0.3, -0.25) is 9.59 Å². The van der Waals surface area contributed by atoms with E-state index in [-0.39, 0.29) is 5.91 Å². The first kappa shape index (κ1) is 18.7. The smallest absolute Gasteiger partial charge is 0.254 e. The maximum absolute atomic E-state index is 12.5. The molecular formula is C19H26N2O2. The van der Waals surface area contributed by atoms with E-state index in [0.717, 1.165) is 22.7 Å². The van der Waals surface area contributed by atoms with Crippen molar-refractivity contribution in [1.82, 2.24) is 4.90 Å². The number of hydrogen-bond acceptors (Lipinski definition) is 3. The van der Waals surface area contributed by atoms with Crippen LogP contribution in [-0.4, -0.2) is 44.8 Å². The molecule has 0 atom stereocenters. The van der Waals surface area contributed by atoms with Crippen LogP contribution >= 0.6 is 0 Å². The van der Waals surface area contributed by atoms with E-state index >= 15 is 0 Å². The van der Waals surface area contributed by atoms with Crippen molar-refractivity contribution in [3.8, 4) is 0 Å². The molecule has 0 radical (unpaired) electrons. The lowest BCUT2D eigenvalue weighted by Crippen LogP contribution is -2.26. The van der Waals surface area contributed by atoms with Gasteiger partial charge in [0.2, 0.25) is 0 Å². The summed E-state index contributed by atoms with van der Waals surface area (Å²) >= 11 is 0. The Balaban J connectivity index is 0.00000127. The fourth-order valence-corrected chi connectivity index (χ4v) is 2.44. The van der Waals surface area contributed by atoms with Gasteiger partial charge in [0, 0.05) is 55.3 Å². The van der Waals surface area contributed by atoms with Gasteiger partial charge in [-0.05, 0) is 19.1 Å². The number of fused-ring (bicyclic) bond motifs is 1. The lowest BCUT2D eigenvalue weighted by atomic mass is 9.97. The van der Waals surface area contributed by atoms with E-state index in [0.29, 0.717) is 17.7 Å². The minimum absolute atomic E-state index is 0.0675. The average molecular weight is 314 g/mol. The van der Waals surface area contributed by atoms with Gasteiger partial charge in [0.1, 0.15) is 0 Å². The Morgan fingerprint density at radius 2 is 1.74 bits per heavy atom. The van der Waals surface area contributed by atoms with E-state index in [9.17, 15) is 9.59 Å². The number of rotatable bonds is 4. The third-order valence-corrected chi connectivity index (χ3v) is 3.71. The molecular weight excluding hydrogens is 288 g/mol. The van der Waals surface area contributed by atoms with Crippen molar-refractivity contribution in [3.63, 3.8) is 0 Å². The second-order valence-electron chi connectivity index (χ2n) is 5.23. The van der Waals surface area contributed by atoms with E-state index < -0.39 is 0 Å². The number of carbonyl (C=O) groups is 2. The molecule has 2 aromatic carbocycles. The van der Waals surface area contributed by atoms with Crippen molar-refractivity contribution in [2.24, 2.45) is 0 Å². The minimum Gasteiger partial charge on any atom is -0.377 e. The Labute approximate surface area is 138 Å². The minimum atomic E-state index is -0.0675. The molecule has 0 aromatic heterocycles. The highest BCUT2D eigenvalue weighted by molar-refractivity contribution is 6.15. The molecule has 0 aliphatic rings. The third-order valence-electron chi connectivity index (χ3n) is 3.71. The largest absolute Gasteiger partial charge is 0.377 e.